The van der Waals surface area contributed by atoms with E-state index in [2.05, 4.69) is 10.3 Å². The zero-order valence-corrected chi connectivity index (χ0v) is 11.2. The van der Waals surface area contributed by atoms with Crippen LogP contribution in [-0.2, 0) is 4.74 Å². The van der Waals surface area contributed by atoms with E-state index in [9.17, 15) is 9.59 Å². The summed E-state index contributed by atoms with van der Waals surface area (Å²) in [5.74, 6) is 0.107. The monoisotopic (exact) mass is 253 g/mol. The molecule has 18 heavy (non-hydrogen) atoms. The Morgan fingerprint density at radius 2 is 2.17 bits per heavy atom. The van der Waals surface area contributed by atoms with Crippen molar-refractivity contribution in [1.82, 2.24) is 10.2 Å². The van der Waals surface area contributed by atoms with Crippen LogP contribution in [0, 0.1) is 5.92 Å². The van der Waals surface area contributed by atoms with Gasteiger partial charge in [-0.3, -0.25) is 0 Å². The molecule has 0 aromatic carbocycles. The van der Waals surface area contributed by atoms with Gasteiger partial charge in [0.25, 0.3) is 0 Å². The van der Waals surface area contributed by atoms with Gasteiger partial charge >= 0.3 is 12.1 Å². The molecule has 100 valence electrons. The Kier molecular flexibility index (Phi) is 3.04. The lowest BCUT2D eigenvalue weighted by Crippen LogP contribution is -2.44. The number of hydrogen-bond donors (Lipinski definition) is 1. The van der Waals surface area contributed by atoms with Crippen molar-refractivity contribution in [2.45, 2.75) is 39.3 Å². The van der Waals surface area contributed by atoms with E-state index in [-0.39, 0.29) is 24.1 Å². The van der Waals surface area contributed by atoms with Crippen LogP contribution in [0.2, 0.25) is 0 Å². The largest absolute Gasteiger partial charge is 0.444 e. The molecule has 1 saturated heterocycles. The van der Waals surface area contributed by atoms with E-state index in [4.69, 9.17) is 4.74 Å². The fourth-order valence-corrected chi connectivity index (χ4v) is 2.21. The molecule has 6 heteroatoms. The number of rotatable bonds is 0. The van der Waals surface area contributed by atoms with Gasteiger partial charge < -0.3 is 15.0 Å². The quantitative estimate of drug-likeness (QED) is 0.709. The van der Waals surface area contributed by atoms with Crippen molar-refractivity contribution < 1.29 is 14.3 Å². The molecule has 1 N–H and O–H groups in total. The number of carbonyl (C=O) groups excluding carboxylic acids is 2. The van der Waals surface area contributed by atoms with Gasteiger partial charge in [-0.25, -0.2) is 14.6 Å². The fourth-order valence-electron chi connectivity index (χ4n) is 2.21. The van der Waals surface area contributed by atoms with Crippen LogP contribution in [0.15, 0.2) is 4.99 Å². The molecule has 0 aliphatic carbocycles. The second-order valence-corrected chi connectivity index (χ2v) is 5.81. The zero-order valence-electron chi connectivity index (χ0n) is 11.2. The Balaban J connectivity index is 2.06. The van der Waals surface area contributed by atoms with Crippen molar-refractivity contribution >= 4 is 17.8 Å². The van der Waals surface area contributed by atoms with Gasteiger partial charge in [-0.2, -0.15) is 0 Å². The number of ether oxygens (including phenoxy) is 1. The van der Waals surface area contributed by atoms with Gasteiger partial charge in [0.2, 0.25) is 0 Å². The van der Waals surface area contributed by atoms with E-state index in [0.29, 0.717) is 13.1 Å². The number of nitrogens with one attached hydrogen (secondary N) is 1. The third-order valence-corrected chi connectivity index (χ3v) is 3.05. The lowest BCUT2D eigenvalue weighted by Gasteiger charge is -2.25. The van der Waals surface area contributed by atoms with Crippen LogP contribution >= 0.6 is 0 Å². The normalized spacial score (nSPS) is 27.4. The van der Waals surface area contributed by atoms with Crippen LogP contribution in [0.5, 0.6) is 0 Å². The number of amides is 3. The topological polar surface area (TPSA) is 71.0 Å². The molecule has 3 amide bonds. The molecule has 2 aliphatic rings. The zero-order chi connectivity index (χ0) is 13.5. The molecule has 1 fully saturated rings. The first kappa shape index (κ1) is 12.9. The highest BCUT2D eigenvalue weighted by Gasteiger charge is 2.40. The molecule has 2 heterocycles. The highest BCUT2D eigenvalue weighted by Crippen LogP contribution is 2.23. The van der Waals surface area contributed by atoms with Crippen LogP contribution in [0.1, 0.15) is 27.7 Å². The number of likely N-dealkylation sites (tertiary alicyclic amines) is 1. The molecule has 2 rings (SSSR count). The first-order valence-corrected chi connectivity index (χ1v) is 6.12. The fraction of sp³-hybridized carbons (Fsp3) is 0.750. The molecular weight excluding hydrogens is 234 g/mol. The van der Waals surface area contributed by atoms with Crippen molar-refractivity contribution in [3.8, 4) is 0 Å². The summed E-state index contributed by atoms with van der Waals surface area (Å²) in [4.78, 5) is 28.8. The number of carbonyl (C=O) groups is 2. The predicted octanol–water partition coefficient (Wildman–Crippen LogP) is 1.41. The molecule has 2 aliphatic heterocycles. The molecule has 6 nitrogen and oxygen atoms in total. The van der Waals surface area contributed by atoms with E-state index < -0.39 is 5.60 Å². The SMILES string of the molecule is CC1NC(=O)N=C2CN(C(=O)OC(C)(C)C)CC21. The Labute approximate surface area is 106 Å². The van der Waals surface area contributed by atoms with Gasteiger partial charge in [-0.05, 0) is 27.7 Å². The predicted molar refractivity (Wildman–Crippen MR) is 66.7 cm³/mol. The maximum Gasteiger partial charge on any atom is 0.410 e. The van der Waals surface area contributed by atoms with Crippen molar-refractivity contribution in [2.24, 2.45) is 10.9 Å². The second kappa shape index (κ2) is 4.26. The Hall–Kier alpha value is -1.59. The van der Waals surface area contributed by atoms with Crippen LogP contribution in [0.4, 0.5) is 9.59 Å². The summed E-state index contributed by atoms with van der Waals surface area (Å²) in [6, 6.07) is -0.308. The first-order chi connectivity index (χ1) is 8.26. The number of fused-ring (bicyclic) bond motifs is 1. The Morgan fingerprint density at radius 1 is 1.50 bits per heavy atom. The summed E-state index contributed by atoms with van der Waals surface area (Å²) in [7, 11) is 0. The molecule has 0 aromatic rings. The molecule has 2 unspecified atom stereocenters. The summed E-state index contributed by atoms with van der Waals surface area (Å²) in [6.45, 7) is 8.36. The van der Waals surface area contributed by atoms with Crippen molar-refractivity contribution in [3.63, 3.8) is 0 Å². The van der Waals surface area contributed by atoms with Gasteiger partial charge in [0.15, 0.2) is 0 Å². The minimum atomic E-state index is -0.508. The van der Waals surface area contributed by atoms with Crippen LogP contribution in [0.3, 0.4) is 0 Å². The smallest absolute Gasteiger partial charge is 0.410 e. The summed E-state index contributed by atoms with van der Waals surface area (Å²) in [5, 5.41) is 2.75. The third kappa shape index (κ3) is 2.63. The van der Waals surface area contributed by atoms with Gasteiger partial charge in [0.05, 0.1) is 12.3 Å². The maximum absolute atomic E-state index is 11.9. The summed E-state index contributed by atoms with van der Waals surface area (Å²) in [6.07, 6.45) is -0.348. The average Bonchev–Trinajstić information content (AvgIpc) is 2.58. The number of aliphatic imine (C=N–C) groups is 1. The highest BCUT2D eigenvalue weighted by atomic mass is 16.6. The van der Waals surface area contributed by atoms with Crippen molar-refractivity contribution in [2.75, 3.05) is 13.1 Å². The molecule has 0 aromatic heterocycles. The van der Waals surface area contributed by atoms with Crippen LogP contribution < -0.4 is 5.32 Å². The lowest BCUT2D eigenvalue weighted by atomic mass is 9.97. The van der Waals surface area contributed by atoms with E-state index in [1.807, 2.05) is 27.7 Å². The molecule has 0 saturated carbocycles. The summed E-state index contributed by atoms with van der Waals surface area (Å²) in [5.41, 5.74) is 0.268. The van der Waals surface area contributed by atoms with Crippen molar-refractivity contribution in [1.29, 1.82) is 0 Å². The highest BCUT2D eigenvalue weighted by molar-refractivity contribution is 6.03. The maximum atomic E-state index is 11.9. The molecule has 0 spiro atoms. The lowest BCUT2D eigenvalue weighted by molar-refractivity contribution is 0.0290. The van der Waals surface area contributed by atoms with Gasteiger partial charge in [-0.15, -0.1) is 0 Å². The molecule has 0 radical (unpaired) electrons. The molecule has 0 bridgehead atoms. The average molecular weight is 253 g/mol. The minimum absolute atomic E-state index is 0.0115. The van der Waals surface area contributed by atoms with E-state index >= 15 is 0 Å². The molecular formula is C12H19N3O3. The standard InChI is InChI=1S/C12H19N3O3/c1-7-8-5-15(11(17)18-12(2,3)4)6-9(8)14-10(16)13-7/h7-8H,5-6H2,1-4H3,(H,13,16). The van der Waals surface area contributed by atoms with E-state index in [0.717, 1.165) is 5.71 Å². The number of hydrogen-bond acceptors (Lipinski definition) is 3. The second-order valence-electron chi connectivity index (χ2n) is 5.81. The van der Waals surface area contributed by atoms with Crippen molar-refractivity contribution in [3.05, 3.63) is 0 Å². The van der Waals surface area contributed by atoms with Crippen LogP contribution in [0.25, 0.3) is 0 Å². The van der Waals surface area contributed by atoms with Gasteiger partial charge in [0.1, 0.15) is 5.60 Å². The minimum Gasteiger partial charge on any atom is -0.444 e. The summed E-state index contributed by atoms with van der Waals surface area (Å²) >= 11 is 0. The van der Waals surface area contributed by atoms with E-state index in [1.54, 1.807) is 4.90 Å². The third-order valence-electron chi connectivity index (χ3n) is 3.05. The van der Waals surface area contributed by atoms with Gasteiger partial charge in [0, 0.05) is 18.5 Å². The van der Waals surface area contributed by atoms with Gasteiger partial charge in [-0.1, -0.05) is 0 Å². The Morgan fingerprint density at radius 3 is 2.78 bits per heavy atom. The number of urea groups is 1. The number of nitrogens with zero attached hydrogens (tertiary/aromatic N) is 2. The molecule has 2 atom stereocenters. The summed E-state index contributed by atoms with van der Waals surface area (Å²) < 4.78 is 5.32. The van der Waals surface area contributed by atoms with E-state index in [1.165, 1.54) is 0 Å². The first-order valence-electron chi connectivity index (χ1n) is 6.12. The Bertz CT molecular complexity index is 411. The van der Waals surface area contributed by atoms with Crippen LogP contribution in [-0.4, -0.2) is 47.5 Å².